The molecule has 0 amide bonds. The van der Waals surface area contributed by atoms with Crippen molar-refractivity contribution in [2.24, 2.45) is 0 Å². The molecule has 0 bridgehead atoms. The van der Waals surface area contributed by atoms with Gasteiger partial charge in [0.2, 0.25) is 0 Å². The average Bonchev–Trinajstić information content (AvgIpc) is 3.44. The maximum atomic E-state index is 3.26. The molecule has 1 fully saturated rings. The van der Waals surface area contributed by atoms with Crippen molar-refractivity contribution in [3.63, 3.8) is 0 Å². The topological polar surface area (TPSA) is 0 Å². The second-order valence-electron chi connectivity index (χ2n) is 8.08. The van der Waals surface area contributed by atoms with E-state index in [9.17, 15) is 0 Å². The fourth-order valence-electron chi connectivity index (χ4n) is 2.97. The zero-order valence-corrected chi connectivity index (χ0v) is 23.6. The molecule has 2 aliphatic carbocycles. The summed E-state index contributed by atoms with van der Waals surface area (Å²) < 4.78 is 0. The van der Waals surface area contributed by atoms with Crippen molar-refractivity contribution in [2.75, 3.05) is 0 Å². The first-order valence-electron chi connectivity index (χ1n) is 11.5. The van der Waals surface area contributed by atoms with Crippen molar-refractivity contribution < 1.29 is 26.2 Å². The van der Waals surface area contributed by atoms with Crippen molar-refractivity contribution in [2.45, 2.75) is 65.0 Å². The van der Waals surface area contributed by atoms with Gasteiger partial charge in [0.1, 0.15) is 0 Å². The van der Waals surface area contributed by atoms with Gasteiger partial charge in [0.25, 0.3) is 0 Å². The van der Waals surface area contributed by atoms with Crippen LogP contribution in [-0.2, 0) is 39.0 Å². The summed E-state index contributed by atoms with van der Waals surface area (Å²) in [6, 6.07) is 24.4. The average molecular weight is 517 g/mol. The Hall–Kier alpha value is -1.50. The number of allylic oxidation sites excluding steroid dienone is 8. The Bertz CT molecular complexity index is 797. The van der Waals surface area contributed by atoms with Crippen molar-refractivity contribution in [3.05, 3.63) is 119 Å². The van der Waals surface area contributed by atoms with Crippen LogP contribution in [0.15, 0.2) is 95.6 Å². The minimum absolute atomic E-state index is 0. The van der Waals surface area contributed by atoms with Crippen LogP contribution in [-0.4, -0.2) is 9.52 Å². The number of benzene rings is 2. The van der Waals surface area contributed by atoms with E-state index in [1.807, 2.05) is 12.2 Å². The third kappa shape index (κ3) is 12.5. The number of hydrogen-bond donors (Lipinski definition) is 0. The zero-order valence-electron chi connectivity index (χ0n) is 20.0. The standard InChI is InChI=1S/C14H14.C8H11.C5H5.C3H7Si.Zr/c1-3-7-13(8-4-1)11-12-14-9-5-2-6-10-14;1-6-4-5-7(2)8(6)3;1-2-4-5-3-1;1-2-4-3-1;/h1-10H,11-12H2;4H2,1-3H3;1-3H,4H2;4H,1-3H2;/q;2*-1;;+2. The maximum absolute atomic E-state index is 3.26. The Labute approximate surface area is 218 Å². The molecule has 1 aliphatic heterocycles. The zero-order chi connectivity index (χ0) is 22.2. The van der Waals surface area contributed by atoms with Gasteiger partial charge in [0.15, 0.2) is 0 Å². The molecule has 32 heavy (non-hydrogen) atoms. The second-order valence-corrected chi connectivity index (χ2v) is 9.81. The first kappa shape index (κ1) is 28.5. The van der Waals surface area contributed by atoms with Crippen molar-refractivity contribution in [1.29, 1.82) is 0 Å². The van der Waals surface area contributed by atoms with E-state index in [-0.39, 0.29) is 26.2 Å². The third-order valence-corrected chi connectivity index (χ3v) is 7.24. The molecule has 2 aromatic rings. The normalized spacial score (nSPS) is 15.0. The molecule has 165 valence electrons. The molecule has 2 heteroatoms. The summed E-state index contributed by atoms with van der Waals surface area (Å²) >= 11 is 0. The fraction of sp³-hybridized carbons (Fsp3) is 0.333. The predicted molar refractivity (Wildman–Crippen MR) is 139 cm³/mol. The second kappa shape index (κ2) is 18.0. The van der Waals surface area contributed by atoms with E-state index >= 15 is 0 Å². The molecule has 0 nitrogen and oxygen atoms in total. The molecular formula is C30H37SiZr. The fourth-order valence-corrected chi connectivity index (χ4v) is 3.38. The first-order chi connectivity index (χ1) is 15.2. The summed E-state index contributed by atoms with van der Waals surface area (Å²) in [6.45, 7) is 6.44. The molecular weight excluding hydrogens is 480 g/mol. The third-order valence-electron chi connectivity index (χ3n) is 5.61. The van der Waals surface area contributed by atoms with Crippen LogP contribution in [0.5, 0.6) is 0 Å². The molecule has 1 saturated heterocycles. The van der Waals surface area contributed by atoms with E-state index in [4.69, 9.17) is 0 Å². The van der Waals surface area contributed by atoms with Crippen LogP contribution in [0.25, 0.3) is 0 Å². The number of rotatable bonds is 3. The van der Waals surface area contributed by atoms with E-state index in [0.29, 0.717) is 0 Å². The molecule has 1 heterocycles. The van der Waals surface area contributed by atoms with Crippen LogP contribution in [0.1, 0.15) is 51.2 Å². The molecule has 0 spiro atoms. The minimum atomic E-state index is 0. The monoisotopic (exact) mass is 515 g/mol. The van der Waals surface area contributed by atoms with Crippen LogP contribution in [0, 0.1) is 12.2 Å². The SMILES string of the molecule is C1C[SiH]C1.CC1=[C-]CC(C)=C1C.[C-]1=CC=CC1.[Zr+2].c1ccc(CCc2ccccc2)cc1. The van der Waals surface area contributed by atoms with Crippen LogP contribution < -0.4 is 0 Å². The van der Waals surface area contributed by atoms with Gasteiger partial charge in [-0.2, -0.15) is 17.2 Å². The Morgan fingerprint density at radius 2 is 1.31 bits per heavy atom. The van der Waals surface area contributed by atoms with E-state index in [1.54, 1.807) is 12.1 Å². The smallest absolute Gasteiger partial charge is 0.273 e. The summed E-state index contributed by atoms with van der Waals surface area (Å²) in [5.41, 5.74) is 7.07. The molecule has 1 radical (unpaired) electrons. The molecule has 0 atom stereocenters. The van der Waals surface area contributed by atoms with Crippen LogP contribution in [0.2, 0.25) is 12.1 Å². The van der Waals surface area contributed by atoms with Gasteiger partial charge >= 0.3 is 26.2 Å². The summed E-state index contributed by atoms with van der Waals surface area (Å²) in [7, 11) is 0.963. The summed E-state index contributed by atoms with van der Waals surface area (Å²) in [6.07, 6.45) is 18.1. The summed E-state index contributed by atoms with van der Waals surface area (Å²) in [4.78, 5) is 0. The van der Waals surface area contributed by atoms with Crippen LogP contribution >= 0.6 is 0 Å². The van der Waals surface area contributed by atoms with E-state index < -0.39 is 0 Å². The predicted octanol–water partition coefficient (Wildman–Crippen LogP) is 7.91. The largest absolute Gasteiger partial charge is 2.00 e. The molecule has 5 rings (SSSR count). The Kier molecular flexibility index (Phi) is 16.0. The molecule has 0 unspecified atom stereocenters. The molecule has 0 saturated carbocycles. The Balaban J connectivity index is 0.000000239. The summed E-state index contributed by atoms with van der Waals surface area (Å²) in [5, 5.41) is 0. The van der Waals surface area contributed by atoms with Crippen LogP contribution in [0.3, 0.4) is 0 Å². The molecule has 3 aliphatic rings. The minimum Gasteiger partial charge on any atom is -0.273 e. The van der Waals surface area contributed by atoms with E-state index in [1.165, 1.54) is 34.3 Å². The van der Waals surface area contributed by atoms with Gasteiger partial charge in [-0.3, -0.25) is 12.2 Å². The van der Waals surface area contributed by atoms with Gasteiger partial charge in [-0.15, -0.1) is 19.8 Å². The van der Waals surface area contributed by atoms with E-state index in [0.717, 1.165) is 35.2 Å². The molecule has 0 aromatic heterocycles. The van der Waals surface area contributed by atoms with Gasteiger partial charge in [-0.25, -0.2) is 17.7 Å². The van der Waals surface area contributed by atoms with Crippen molar-refractivity contribution in [1.82, 2.24) is 0 Å². The van der Waals surface area contributed by atoms with E-state index in [2.05, 4.69) is 99.7 Å². The van der Waals surface area contributed by atoms with Crippen molar-refractivity contribution >= 4 is 9.52 Å². The number of hydrogen-bond acceptors (Lipinski definition) is 0. The van der Waals surface area contributed by atoms with Gasteiger partial charge in [0, 0.05) is 9.52 Å². The maximum Gasteiger partial charge on any atom is 2.00 e. The van der Waals surface area contributed by atoms with Gasteiger partial charge in [-0.1, -0.05) is 93.0 Å². The van der Waals surface area contributed by atoms with Crippen molar-refractivity contribution in [3.8, 4) is 0 Å². The molecule has 2 aromatic carbocycles. The van der Waals surface area contributed by atoms with Gasteiger partial charge in [0.05, 0.1) is 0 Å². The van der Waals surface area contributed by atoms with Crippen LogP contribution in [0.4, 0.5) is 0 Å². The first-order valence-corrected chi connectivity index (χ1v) is 13.2. The van der Waals surface area contributed by atoms with Gasteiger partial charge in [-0.05, 0) is 24.0 Å². The Morgan fingerprint density at radius 3 is 1.53 bits per heavy atom. The Morgan fingerprint density at radius 1 is 0.812 bits per heavy atom. The quantitative estimate of drug-likeness (QED) is 0.287. The summed E-state index contributed by atoms with van der Waals surface area (Å²) in [5.74, 6) is 0. The molecule has 0 N–H and O–H groups in total. The van der Waals surface area contributed by atoms with Gasteiger partial charge < -0.3 is 0 Å². The number of aryl methyl sites for hydroxylation is 2.